The summed E-state index contributed by atoms with van der Waals surface area (Å²) in [7, 11) is 0. The fraction of sp³-hybridized carbons (Fsp3) is 1.00. The SMILES string of the molecule is CC1(C)CCN(C2CCCC2)CCCN1. The third-order valence-electron chi connectivity index (χ3n) is 4.09. The van der Waals surface area contributed by atoms with Crippen molar-refractivity contribution in [2.45, 2.75) is 64.0 Å². The van der Waals surface area contributed by atoms with Gasteiger partial charge in [-0.1, -0.05) is 12.8 Å². The van der Waals surface area contributed by atoms with Gasteiger partial charge in [0.25, 0.3) is 0 Å². The molecule has 0 bridgehead atoms. The average Bonchev–Trinajstić information content (AvgIpc) is 2.66. The highest BCUT2D eigenvalue weighted by Gasteiger charge is 2.26. The quantitative estimate of drug-likeness (QED) is 0.715. The second kappa shape index (κ2) is 4.84. The third kappa shape index (κ3) is 3.18. The lowest BCUT2D eigenvalue weighted by molar-refractivity contribution is 0.155. The molecule has 2 fully saturated rings. The molecule has 1 aliphatic carbocycles. The van der Waals surface area contributed by atoms with E-state index in [1.807, 2.05) is 0 Å². The van der Waals surface area contributed by atoms with Gasteiger partial charge >= 0.3 is 0 Å². The largest absolute Gasteiger partial charge is 0.312 e. The molecule has 0 aromatic rings. The van der Waals surface area contributed by atoms with Crippen molar-refractivity contribution in [1.29, 1.82) is 0 Å². The van der Waals surface area contributed by atoms with E-state index in [1.165, 1.54) is 58.2 Å². The van der Waals surface area contributed by atoms with E-state index in [0.29, 0.717) is 5.54 Å². The van der Waals surface area contributed by atoms with Gasteiger partial charge in [-0.3, -0.25) is 0 Å². The van der Waals surface area contributed by atoms with Gasteiger partial charge < -0.3 is 10.2 Å². The molecule has 1 saturated heterocycles. The van der Waals surface area contributed by atoms with Crippen LogP contribution in [0.1, 0.15) is 52.4 Å². The highest BCUT2D eigenvalue weighted by molar-refractivity contribution is 4.85. The first-order chi connectivity index (χ1) is 7.17. The highest BCUT2D eigenvalue weighted by Crippen LogP contribution is 2.25. The smallest absolute Gasteiger partial charge is 0.0137 e. The molecule has 2 nitrogen and oxygen atoms in total. The van der Waals surface area contributed by atoms with E-state index in [1.54, 1.807) is 0 Å². The predicted octanol–water partition coefficient (Wildman–Crippen LogP) is 2.39. The molecule has 0 unspecified atom stereocenters. The Kier molecular flexibility index (Phi) is 3.68. The van der Waals surface area contributed by atoms with Crippen molar-refractivity contribution >= 4 is 0 Å². The van der Waals surface area contributed by atoms with Crippen LogP contribution in [0.4, 0.5) is 0 Å². The van der Waals surface area contributed by atoms with Crippen LogP contribution in [0.15, 0.2) is 0 Å². The Bertz CT molecular complexity index is 195. The standard InChI is InChI=1S/C13H26N2/c1-13(2)8-11-15(10-5-9-14-13)12-6-3-4-7-12/h12,14H,3-11H2,1-2H3. The molecular weight excluding hydrogens is 184 g/mol. The van der Waals surface area contributed by atoms with Crippen molar-refractivity contribution in [1.82, 2.24) is 10.2 Å². The number of nitrogens with one attached hydrogen (secondary N) is 1. The van der Waals surface area contributed by atoms with E-state index in [9.17, 15) is 0 Å². The third-order valence-corrected chi connectivity index (χ3v) is 4.09. The lowest BCUT2D eigenvalue weighted by atomic mass is 9.98. The van der Waals surface area contributed by atoms with Crippen LogP contribution in [0, 0.1) is 0 Å². The van der Waals surface area contributed by atoms with Gasteiger partial charge in [-0.15, -0.1) is 0 Å². The maximum absolute atomic E-state index is 3.65. The summed E-state index contributed by atoms with van der Waals surface area (Å²) in [6, 6.07) is 0.916. The molecular formula is C13H26N2. The van der Waals surface area contributed by atoms with Crippen LogP contribution in [-0.4, -0.2) is 36.1 Å². The molecule has 0 atom stereocenters. The number of rotatable bonds is 1. The van der Waals surface area contributed by atoms with Gasteiger partial charge in [0.05, 0.1) is 0 Å². The molecule has 0 aromatic carbocycles. The van der Waals surface area contributed by atoms with E-state index in [4.69, 9.17) is 0 Å². The van der Waals surface area contributed by atoms with Crippen molar-refractivity contribution in [3.63, 3.8) is 0 Å². The topological polar surface area (TPSA) is 15.3 Å². The van der Waals surface area contributed by atoms with Gasteiger partial charge in [0.1, 0.15) is 0 Å². The van der Waals surface area contributed by atoms with Crippen molar-refractivity contribution in [2.24, 2.45) is 0 Å². The zero-order valence-corrected chi connectivity index (χ0v) is 10.4. The zero-order valence-electron chi connectivity index (χ0n) is 10.4. The lowest BCUT2D eigenvalue weighted by Crippen LogP contribution is -2.48. The van der Waals surface area contributed by atoms with Gasteiger partial charge in [-0.25, -0.2) is 0 Å². The second-order valence-electron chi connectivity index (χ2n) is 5.89. The monoisotopic (exact) mass is 210 g/mol. The van der Waals surface area contributed by atoms with Crippen LogP contribution < -0.4 is 5.32 Å². The summed E-state index contributed by atoms with van der Waals surface area (Å²) < 4.78 is 0. The first-order valence-corrected chi connectivity index (χ1v) is 6.66. The lowest BCUT2D eigenvalue weighted by Gasteiger charge is -2.36. The van der Waals surface area contributed by atoms with E-state index in [2.05, 4.69) is 24.1 Å². The first-order valence-electron chi connectivity index (χ1n) is 6.66. The zero-order chi connectivity index (χ0) is 10.7. The summed E-state index contributed by atoms with van der Waals surface area (Å²) in [5.74, 6) is 0. The fourth-order valence-electron chi connectivity index (χ4n) is 2.97. The number of hydrogen-bond donors (Lipinski definition) is 1. The minimum Gasteiger partial charge on any atom is -0.312 e. The van der Waals surface area contributed by atoms with Crippen LogP contribution in [0.25, 0.3) is 0 Å². The van der Waals surface area contributed by atoms with E-state index >= 15 is 0 Å². The molecule has 1 saturated carbocycles. The molecule has 0 aromatic heterocycles. The Hall–Kier alpha value is -0.0800. The second-order valence-corrected chi connectivity index (χ2v) is 5.89. The van der Waals surface area contributed by atoms with E-state index < -0.39 is 0 Å². The Morgan fingerprint density at radius 2 is 1.80 bits per heavy atom. The van der Waals surface area contributed by atoms with Crippen molar-refractivity contribution in [3.8, 4) is 0 Å². The van der Waals surface area contributed by atoms with Gasteiger partial charge in [-0.05, 0) is 52.6 Å². The molecule has 2 rings (SSSR count). The molecule has 2 aliphatic rings. The average molecular weight is 210 g/mol. The maximum Gasteiger partial charge on any atom is 0.0137 e. The number of nitrogens with zero attached hydrogens (tertiary/aromatic N) is 1. The van der Waals surface area contributed by atoms with Gasteiger partial charge in [0.15, 0.2) is 0 Å². The van der Waals surface area contributed by atoms with Crippen molar-refractivity contribution < 1.29 is 0 Å². The summed E-state index contributed by atoms with van der Waals surface area (Å²) in [6.45, 7) is 8.48. The molecule has 2 heteroatoms. The molecule has 1 aliphatic heterocycles. The van der Waals surface area contributed by atoms with Gasteiger partial charge in [0, 0.05) is 18.1 Å². The summed E-state index contributed by atoms with van der Waals surface area (Å²) in [6.07, 6.45) is 8.44. The van der Waals surface area contributed by atoms with Crippen molar-refractivity contribution in [2.75, 3.05) is 19.6 Å². The molecule has 1 heterocycles. The molecule has 15 heavy (non-hydrogen) atoms. The molecule has 0 radical (unpaired) electrons. The maximum atomic E-state index is 3.65. The van der Waals surface area contributed by atoms with E-state index in [-0.39, 0.29) is 0 Å². The fourth-order valence-corrected chi connectivity index (χ4v) is 2.97. The van der Waals surface area contributed by atoms with Crippen LogP contribution in [0.3, 0.4) is 0 Å². The minimum atomic E-state index is 0.345. The van der Waals surface area contributed by atoms with Crippen molar-refractivity contribution in [3.05, 3.63) is 0 Å². The molecule has 88 valence electrons. The Balaban J connectivity index is 1.88. The predicted molar refractivity (Wildman–Crippen MR) is 65.1 cm³/mol. The first kappa shape index (κ1) is 11.4. The van der Waals surface area contributed by atoms with Gasteiger partial charge in [0.2, 0.25) is 0 Å². The molecule has 0 amide bonds. The summed E-state index contributed by atoms with van der Waals surface area (Å²) in [5.41, 5.74) is 0.345. The van der Waals surface area contributed by atoms with Crippen LogP contribution in [0.2, 0.25) is 0 Å². The Morgan fingerprint density at radius 1 is 1.07 bits per heavy atom. The number of hydrogen-bond acceptors (Lipinski definition) is 2. The normalized spacial score (nSPS) is 30.0. The van der Waals surface area contributed by atoms with Gasteiger partial charge in [-0.2, -0.15) is 0 Å². The Morgan fingerprint density at radius 3 is 2.53 bits per heavy atom. The molecule has 1 N–H and O–H groups in total. The summed E-state index contributed by atoms with van der Waals surface area (Å²) in [5, 5.41) is 3.65. The van der Waals surface area contributed by atoms with Crippen LogP contribution in [-0.2, 0) is 0 Å². The summed E-state index contributed by atoms with van der Waals surface area (Å²) in [4.78, 5) is 2.76. The van der Waals surface area contributed by atoms with E-state index in [0.717, 1.165) is 6.04 Å². The minimum absolute atomic E-state index is 0.345. The summed E-state index contributed by atoms with van der Waals surface area (Å²) >= 11 is 0. The van der Waals surface area contributed by atoms with Crippen LogP contribution >= 0.6 is 0 Å². The molecule has 0 spiro atoms. The highest BCUT2D eigenvalue weighted by atomic mass is 15.2. The Labute approximate surface area is 94.4 Å². The van der Waals surface area contributed by atoms with Crippen LogP contribution in [0.5, 0.6) is 0 Å².